The minimum absolute atomic E-state index is 0.317. The van der Waals surface area contributed by atoms with Crippen molar-refractivity contribution in [2.24, 2.45) is 11.8 Å². The molecule has 0 radical (unpaired) electrons. The first-order chi connectivity index (χ1) is 33.6. The number of hydrogen-bond acceptors (Lipinski definition) is 11. The molecule has 1 unspecified atom stereocenters. The van der Waals surface area contributed by atoms with Gasteiger partial charge in [-0.25, -0.2) is 18.1 Å². The summed E-state index contributed by atoms with van der Waals surface area (Å²) in [6.07, 6.45) is 7.28. The summed E-state index contributed by atoms with van der Waals surface area (Å²) in [6.45, 7) is 6.29. The molecule has 10 rings (SSSR count). The van der Waals surface area contributed by atoms with Crippen molar-refractivity contribution in [2.45, 2.75) is 90.6 Å². The minimum Gasteiger partial charge on any atom is -0.480 e. The van der Waals surface area contributed by atoms with Crippen molar-refractivity contribution >= 4 is 0 Å². The van der Waals surface area contributed by atoms with Gasteiger partial charge in [0, 0.05) is 49.0 Å². The summed E-state index contributed by atoms with van der Waals surface area (Å²) < 4.78 is 58.5. The number of ether oxygens (including phenoxy) is 4. The lowest BCUT2D eigenvalue weighted by Crippen LogP contribution is -2.13. The van der Waals surface area contributed by atoms with Gasteiger partial charge < -0.3 is 24.1 Å². The molecule has 4 aromatic carbocycles. The molecule has 358 valence electrons. The number of nitrogens with zero attached hydrogens (tertiary/aromatic N) is 10. The third-order valence-electron chi connectivity index (χ3n) is 12.2. The van der Waals surface area contributed by atoms with Gasteiger partial charge in [-0.1, -0.05) is 71.1 Å². The molecule has 1 N–H and O–H groups in total. The summed E-state index contributed by atoms with van der Waals surface area (Å²) in [6, 6.07) is 32.3. The van der Waals surface area contributed by atoms with Crippen LogP contribution < -0.4 is 9.47 Å². The van der Waals surface area contributed by atoms with Crippen molar-refractivity contribution in [3.05, 3.63) is 178 Å². The van der Waals surface area contributed by atoms with E-state index in [-0.39, 0.29) is 17.7 Å². The van der Waals surface area contributed by atoms with Gasteiger partial charge in [-0.2, -0.15) is 0 Å². The lowest BCUT2D eigenvalue weighted by molar-refractivity contribution is 0.0521. The first kappa shape index (κ1) is 47.0. The first-order valence-electron chi connectivity index (χ1n) is 23.2. The number of aromatic nitrogens is 10. The van der Waals surface area contributed by atoms with Crippen LogP contribution in [0.4, 0.5) is 8.78 Å². The molecule has 2 aliphatic carbocycles. The number of aliphatic hydroxyl groups is 1. The summed E-state index contributed by atoms with van der Waals surface area (Å²) in [5.41, 5.74) is 7.26. The van der Waals surface area contributed by atoms with Crippen molar-refractivity contribution in [1.82, 2.24) is 49.5 Å². The molecule has 69 heavy (non-hydrogen) atoms. The summed E-state index contributed by atoms with van der Waals surface area (Å²) >= 11 is 0. The van der Waals surface area contributed by atoms with Crippen LogP contribution >= 0.6 is 0 Å². The molecule has 0 amide bonds. The van der Waals surface area contributed by atoms with Crippen LogP contribution in [0.25, 0.3) is 11.4 Å². The van der Waals surface area contributed by atoms with Gasteiger partial charge in [-0.15, -0.1) is 20.4 Å². The van der Waals surface area contributed by atoms with Crippen LogP contribution in [0.15, 0.2) is 122 Å². The predicted octanol–water partition coefficient (Wildman–Crippen LogP) is 9.27. The highest BCUT2D eigenvalue weighted by molar-refractivity contribution is 5.46. The van der Waals surface area contributed by atoms with Crippen LogP contribution in [0.2, 0.25) is 0 Å². The van der Waals surface area contributed by atoms with E-state index in [0.717, 1.165) is 47.2 Å². The summed E-state index contributed by atoms with van der Waals surface area (Å²) in [5, 5.41) is 37.3. The van der Waals surface area contributed by atoms with Crippen molar-refractivity contribution in [2.75, 3.05) is 14.2 Å². The SMILES string of the molecule is COc1cc(C(O)c2cn(CC3CC3)nn2)n(-c2ccc(F)cc2[C@@H](C)OCc2ccccc2)n1.COc1cc(Cc2cn(CC3CC3)nn2)n(-c2ccc(F)cc2[C@@H](C)OCc2ccccc2)n1. The number of halogens is 2. The van der Waals surface area contributed by atoms with Crippen molar-refractivity contribution in [3.63, 3.8) is 0 Å². The maximum Gasteiger partial charge on any atom is 0.233 e. The van der Waals surface area contributed by atoms with E-state index in [1.807, 2.05) is 91.5 Å². The zero-order valence-corrected chi connectivity index (χ0v) is 39.1. The van der Waals surface area contributed by atoms with Crippen molar-refractivity contribution < 1.29 is 32.8 Å². The van der Waals surface area contributed by atoms with Crippen molar-refractivity contribution in [3.8, 4) is 23.1 Å². The Balaban J connectivity index is 0.000000172. The molecule has 0 spiro atoms. The topological polar surface area (TPSA) is 154 Å². The van der Waals surface area contributed by atoms with Crippen LogP contribution in [-0.4, -0.2) is 68.9 Å². The maximum atomic E-state index is 14.3. The average Bonchev–Trinajstić information content (AvgIpc) is 4.13. The Morgan fingerprint density at radius 2 is 1.13 bits per heavy atom. The molecule has 4 heterocycles. The lowest BCUT2D eigenvalue weighted by Gasteiger charge is -2.19. The van der Waals surface area contributed by atoms with E-state index >= 15 is 0 Å². The van der Waals surface area contributed by atoms with Gasteiger partial charge in [0.15, 0.2) is 0 Å². The van der Waals surface area contributed by atoms with E-state index in [1.54, 1.807) is 45.6 Å². The predicted molar refractivity (Wildman–Crippen MR) is 252 cm³/mol. The van der Waals surface area contributed by atoms with Crippen LogP contribution in [-0.2, 0) is 42.2 Å². The van der Waals surface area contributed by atoms with Gasteiger partial charge in [0.2, 0.25) is 11.8 Å². The number of hydrogen-bond donors (Lipinski definition) is 1. The molecular weight excluding hydrogens is 883 g/mol. The van der Waals surface area contributed by atoms with E-state index in [1.165, 1.54) is 57.1 Å². The monoisotopic (exact) mass is 938 g/mol. The van der Waals surface area contributed by atoms with E-state index in [9.17, 15) is 13.9 Å². The quantitative estimate of drug-likeness (QED) is 0.0778. The molecule has 8 aromatic rings. The smallest absolute Gasteiger partial charge is 0.233 e. The number of benzene rings is 4. The molecular formula is C52H56F2N10O5. The average molecular weight is 939 g/mol. The standard InChI is InChI=1S/C26H28FN5O3.C26H28FN5O2/c1-17(35-16-19-6-4-3-5-7-19)21-12-20(27)10-11-23(21)32-24(13-25(29-32)34-2)26(33)22-15-31(30-28-22)14-18-8-9-18;1-18(34-17-20-6-4-3-5-7-20)24-12-21(27)10-11-25(24)32-23(14-26(29-32)33-2)13-22-16-31(30-28-22)15-19-8-9-19/h3-7,10-13,15,17-18,26,33H,8-9,14,16H2,1-2H3;3-7,10-12,14,16,18-19H,8-9,13,15,17H2,1-2H3/t17-,26?;18-/m11/s1. The second kappa shape index (κ2) is 21.5. The fourth-order valence-corrected chi connectivity index (χ4v) is 8.05. The van der Waals surface area contributed by atoms with E-state index < -0.39 is 12.2 Å². The molecule has 3 atom stereocenters. The van der Waals surface area contributed by atoms with E-state index in [2.05, 4.69) is 30.8 Å². The zero-order chi connectivity index (χ0) is 47.9. The molecule has 0 bridgehead atoms. The molecule has 4 aromatic heterocycles. The van der Waals surface area contributed by atoms with Crippen molar-refractivity contribution in [1.29, 1.82) is 0 Å². The molecule has 2 aliphatic rings. The Morgan fingerprint density at radius 3 is 1.68 bits per heavy atom. The van der Waals surface area contributed by atoms with E-state index in [0.29, 0.717) is 65.5 Å². The highest BCUT2D eigenvalue weighted by Gasteiger charge is 2.28. The Bertz CT molecular complexity index is 2930. The summed E-state index contributed by atoms with van der Waals surface area (Å²) in [4.78, 5) is 0. The zero-order valence-electron chi connectivity index (χ0n) is 39.1. The Kier molecular flexibility index (Phi) is 14.6. The number of methoxy groups -OCH3 is 2. The minimum atomic E-state index is -1.10. The summed E-state index contributed by atoms with van der Waals surface area (Å²) in [7, 11) is 3.09. The van der Waals surface area contributed by atoms with Gasteiger partial charge in [0.25, 0.3) is 0 Å². The molecule has 15 nitrogen and oxygen atoms in total. The highest BCUT2D eigenvalue weighted by atomic mass is 19.1. The molecule has 2 fully saturated rings. The van der Waals surface area contributed by atoms with Gasteiger partial charge in [0.05, 0.1) is 74.3 Å². The molecule has 2 saturated carbocycles. The maximum absolute atomic E-state index is 14.3. The second-order valence-electron chi connectivity index (χ2n) is 17.7. The molecule has 0 saturated heterocycles. The fraction of sp³-hybridized carbons (Fsp3) is 0.346. The summed E-state index contributed by atoms with van der Waals surface area (Å²) in [5.74, 6) is 1.44. The third-order valence-corrected chi connectivity index (χ3v) is 12.2. The Labute approximate surface area is 399 Å². The molecule has 0 aliphatic heterocycles. The van der Waals surface area contributed by atoms with Crippen LogP contribution in [0.1, 0.15) is 103 Å². The Morgan fingerprint density at radius 1 is 0.623 bits per heavy atom. The largest absolute Gasteiger partial charge is 0.480 e. The van der Waals surface area contributed by atoms with E-state index in [4.69, 9.17) is 18.9 Å². The van der Waals surface area contributed by atoms with Crippen LogP contribution in [0, 0.1) is 23.5 Å². The second-order valence-corrected chi connectivity index (χ2v) is 17.7. The van der Waals surface area contributed by atoms with Gasteiger partial charge in [-0.05, 0) is 98.9 Å². The highest BCUT2D eigenvalue weighted by Crippen LogP contribution is 2.35. The fourth-order valence-electron chi connectivity index (χ4n) is 8.05. The third kappa shape index (κ3) is 12.0. The van der Waals surface area contributed by atoms with Crippen LogP contribution in [0.5, 0.6) is 11.8 Å². The lowest BCUT2D eigenvalue weighted by atomic mass is 10.1. The normalized spacial score (nSPS) is 14.8. The van der Waals surface area contributed by atoms with Gasteiger partial charge in [-0.3, -0.25) is 9.36 Å². The number of rotatable bonds is 20. The van der Waals surface area contributed by atoms with Gasteiger partial charge >= 0.3 is 0 Å². The molecule has 17 heteroatoms. The number of aliphatic hydroxyl groups excluding tert-OH is 1. The first-order valence-corrected chi connectivity index (χ1v) is 23.2. The Hall–Kier alpha value is -7.08. The van der Waals surface area contributed by atoms with Crippen LogP contribution in [0.3, 0.4) is 0 Å². The van der Waals surface area contributed by atoms with Gasteiger partial charge in [0.1, 0.15) is 23.4 Å².